The van der Waals surface area contributed by atoms with Gasteiger partial charge in [-0.25, -0.2) is 0 Å². The van der Waals surface area contributed by atoms with E-state index in [1.54, 1.807) is 12.1 Å². The molecule has 1 aliphatic heterocycles. The van der Waals surface area contributed by atoms with E-state index in [-0.39, 0.29) is 4.90 Å². The monoisotopic (exact) mass is 267 g/mol. The van der Waals surface area contributed by atoms with Gasteiger partial charge in [0.05, 0.1) is 5.69 Å². The molecule has 0 fully saturated rings. The van der Waals surface area contributed by atoms with Crippen molar-refractivity contribution in [3.05, 3.63) is 23.8 Å². The van der Waals surface area contributed by atoms with Crippen molar-refractivity contribution < 1.29 is 8.42 Å². The number of hydrogen-bond donors (Lipinski definition) is 2. The third kappa shape index (κ3) is 2.64. The number of benzene rings is 1. The van der Waals surface area contributed by atoms with Crippen molar-refractivity contribution in [1.82, 2.24) is 5.32 Å². The zero-order valence-electron chi connectivity index (χ0n) is 10.7. The summed E-state index contributed by atoms with van der Waals surface area (Å²) in [4.78, 5) is 0.234. The molecule has 0 aromatic heterocycles. The Hall–Kier alpha value is -1.56. The minimum atomic E-state index is -3.60. The summed E-state index contributed by atoms with van der Waals surface area (Å²) < 4.78 is 27.8. The molecule has 18 heavy (non-hydrogen) atoms. The highest BCUT2D eigenvalue weighted by atomic mass is 32.2. The van der Waals surface area contributed by atoms with Crippen LogP contribution in [0.2, 0.25) is 0 Å². The first-order valence-electron chi connectivity index (χ1n) is 5.85. The van der Waals surface area contributed by atoms with Crippen LogP contribution in [-0.2, 0) is 10.0 Å². The second-order valence-corrected chi connectivity index (χ2v) is 6.39. The van der Waals surface area contributed by atoms with E-state index in [1.807, 2.05) is 26.8 Å². The smallest absolute Gasteiger partial charge is 0.287 e. The molecule has 0 aliphatic carbocycles. The fourth-order valence-corrected chi connectivity index (χ4v) is 2.82. The molecule has 1 aromatic rings. The van der Waals surface area contributed by atoms with Gasteiger partial charge in [-0.15, -0.1) is 4.40 Å². The number of hydrogen-bond acceptors (Lipinski definition) is 4. The average Bonchev–Trinajstić information content (AvgIpc) is 2.27. The molecule has 6 heteroatoms. The summed E-state index contributed by atoms with van der Waals surface area (Å²) in [6.45, 7) is 6.61. The fraction of sp³-hybridized carbons (Fsp3) is 0.417. The lowest BCUT2D eigenvalue weighted by Gasteiger charge is -2.20. The zero-order chi connectivity index (χ0) is 13.3. The number of guanidine groups is 1. The Morgan fingerprint density at radius 1 is 1.39 bits per heavy atom. The molecule has 1 heterocycles. The summed E-state index contributed by atoms with van der Waals surface area (Å²) in [6, 6.07) is 5.25. The first-order chi connectivity index (χ1) is 8.38. The summed E-state index contributed by atoms with van der Waals surface area (Å²) in [7, 11) is -3.60. The van der Waals surface area contributed by atoms with Gasteiger partial charge in [0.1, 0.15) is 4.90 Å². The molecule has 0 radical (unpaired) electrons. The molecule has 5 nitrogen and oxygen atoms in total. The van der Waals surface area contributed by atoms with Crippen LogP contribution in [0.15, 0.2) is 27.5 Å². The van der Waals surface area contributed by atoms with Crippen molar-refractivity contribution in [1.29, 1.82) is 0 Å². The van der Waals surface area contributed by atoms with Crippen LogP contribution in [0.25, 0.3) is 0 Å². The Morgan fingerprint density at radius 2 is 2.11 bits per heavy atom. The van der Waals surface area contributed by atoms with Crippen LogP contribution in [0, 0.1) is 12.8 Å². The third-order valence-corrected chi connectivity index (χ3v) is 3.87. The molecule has 0 atom stereocenters. The molecule has 2 N–H and O–H groups in total. The molecule has 0 saturated heterocycles. The van der Waals surface area contributed by atoms with Gasteiger partial charge in [0, 0.05) is 6.54 Å². The minimum Gasteiger partial charge on any atom is -0.355 e. The standard InChI is InChI=1S/C12H17N3O2S/c1-8(2)7-13-12-14-10-5-4-9(3)6-11(10)18(16,17)15-12/h4-6,8H,7H2,1-3H3,(H2,13,14,15). The van der Waals surface area contributed by atoms with E-state index >= 15 is 0 Å². The van der Waals surface area contributed by atoms with Gasteiger partial charge in [0.25, 0.3) is 10.0 Å². The molecule has 1 aromatic carbocycles. The van der Waals surface area contributed by atoms with E-state index in [0.717, 1.165) is 5.56 Å². The quantitative estimate of drug-likeness (QED) is 0.856. The van der Waals surface area contributed by atoms with E-state index in [9.17, 15) is 8.42 Å². The lowest BCUT2D eigenvalue weighted by molar-refractivity contribution is 0.595. The van der Waals surface area contributed by atoms with E-state index in [0.29, 0.717) is 24.1 Å². The van der Waals surface area contributed by atoms with Gasteiger partial charge < -0.3 is 10.6 Å². The van der Waals surface area contributed by atoms with Crippen molar-refractivity contribution in [3.8, 4) is 0 Å². The number of nitrogens with zero attached hydrogens (tertiary/aromatic N) is 1. The maximum atomic E-state index is 12.0. The predicted octanol–water partition coefficient (Wildman–Crippen LogP) is 1.71. The summed E-state index contributed by atoms with van der Waals surface area (Å²) in [6.07, 6.45) is 0. The van der Waals surface area contributed by atoms with Crippen molar-refractivity contribution in [2.45, 2.75) is 25.7 Å². The van der Waals surface area contributed by atoms with Crippen LogP contribution in [0.3, 0.4) is 0 Å². The van der Waals surface area contributed by atoms with Crippen molar-refractivity contribution in [3.63, 3.8) is 0 Å². The molecule has 2 rings (SSSR count). The van der Waals surface area contributed by atoms with Crippen LogP contribution in [0.5, 0.6) is 0 Å². The lowest BCUT2D eigenvalue weighted by atomic mass is 10.2. The normalized spacial score (nSPS) is 16.8. The van der Waals surface area contributed by atoms with Crippen LogP contribution in [-0.4, -0.2) is 20.9 Å². The number of rotatable bonds is 2. The highest BCUT2D eigenvalue weighted by molar-refractivity contribution is 7.90. The number of aryl methyl sites for hydroxylation is 1. The van der Waals surface area contributed by atoms with Gasteiger partial charge >= 0.3 is 0 Å². The highest BCUT2D eigenvalue weighted by Gasteiger charge is 2.24. The van der Waals surface area contributed by atoms with E-state index in [4.69, 9.17) is 0 Å². The molecule has 0 saturated carbocycles. The Morgan fingerprint density at radius 3 is 2.78 bits per heavy atom. The zero-order valence-corrected chi connectivity index (χ0v) is 11.5. The highest BCUT2D eigenvalue weighted by Crippen LogP contribution is 2.27. The predicted molar refractivity (Wildman–Crippen MR) is 72.3 cm³/mol. The van der Waals surface area contributed by atoms with E-state index in [1.165, 1.54) is 0 Å². The SMILES string of the molecule is Cc1ccc2c(c1)S(=O)(=O)N=C(NCC(C)C)N2. The van der Waals surface area contributed by atoms with Crippen molar-refractivity contribution in [2.75, 3.05) is 11.9 Å². The van der Waals surface area contributed by atoms with Crippen LogP contribution < -0.4 is 10.6 Å². The number of sulfonamides is 1. The molecule has 98 valence electrons. The number of fused-ring (bicyclic) bond motifs is 1. The van der Waals surface area contributed by atoms with Crippen LogP contribution in [0.4, 0.5) is 5.69 Å². The largest absolute Gasteiger partial charge is 0.355 e. The molecular formula is C12H17N3O2S. The van der Waals surface area contributed by atoms with Gasteiger partial charge in [-0.1, -0.05) is 19.9 Å². The van der Waals surface area contributed by atoms with E-state index < -0.39 is 10.0 Å². The Balaban J connectivity index is 2.33. The van der Waals surface area contributed by atoms with Crippen LogP contribution in [0.1, 0.15) is 19.4 Å². The molecule has 0 spiro atoms. The summed E-state index contributed by atoms with van der Waals surface area (Å²) in [5.74, 6) is 0.705. The Bertz CT molecular complexity index is 591. The van der Waals surface area contributed by atoms with Gasteiger partial charge in [0.15, 0.2) is 0 Å². The minimum absolute atomic E-state index is 0.234. The first kappa shape index (κ1) is 12.9. The maximum absolute atomic E-state index is 12.0. The fourth-order valence-electron chi connectivity index (χ4n) is 1.64. The van der Waals surface area contributed by atoms with Gasteiger partial charge in [0.2, 0.25) is 5.96 Å². The Labute approximate surface area is 107 Å². The summed E-state index contributed by atoms with van der Waals surface area (Å²) in [5, 5.41) is 5.99. The number of anilines is 1. The number of nitrogens with one attached hydrogen (secondary N) is 2. The first-order valence-corrected chi connectivity index (χ1v) is 7.29. The molecule has 1 aliphatic rings. The van der Waals surface area contributed by atoms with Gasteiger partial charge in [-0.3, -0.25) is 0 Å². The van der Waals surface area contributed by atoms with Crippen molar-refractivity contribution >= 4 is 21.7 Å². The topological polar surface area (TPSA) is 70.6 Å². The molecule has 0 unspecified atom stereocenters. The second kappa shape index (κ2) is 4.61. The molecular weight excluding hydrogens is 250 g/mol. The third-order valence-electron chi connectivity index (χ3n) is 2.56. The molecule has 0 amide bonds. The summed E-state index contributed by atoms with van der Waals surface area (Å²) >= 11 is 0. The maximum Gasteiger partial charge on any atom is 0.287 e. The lowest BCUT2D eigenvalue weighted by Crippen LogP contribution is -2.36. The summed E-state index contributed by atoms with van der Waals surface area (Å²) in [5.41, 5.74) is 1.47. The van der Waals surface area contributed by atoms with Gasteiger partial charge in [-0.2, -0.15) is 8.42 Å². The van der Waals surface area contributed by atoms with Crippen LogP contribution >= 0.6 is 0 Å². The van der Waals surface area contributed by atoms with E-state index in [2.05, 4.69) is 15.0 Å². The second-order valence-electron chi connectivity index (χ2n) is 4.81. The molecule has 0 bridgehead atoms. The van der Waals surface area contributed by atoms with Crippen molar-refractivity contribution in [2.24, 2.45) is 10.3 Å². The van der Waals surface area contributed by atoms with Gasteiger partial charge in [-0.05, 0) is 30.5 Å². The Kier molecular flexibility index (Phi) is 3.30. The average molecular weight is 267 g/mol.